The molecule has 1 atom stereocenters. The second-order valence-electron chi connectivity index (χ2n) is 8.33. The number of aromatic nitrogens is 2. The molecular weight excluding hydrogens is 522 g/mol. The summed E-state index contributed by atoms with van der Waals surface area (Å²) < 4.78 is 19.8. The highest BCUT2D eigenvalue weighted by molar-refractivity contribution is 9.10. The number of benzene rings is 3. The van der Waals surface area contributed by atoms with Gasteiger partial charge in [0.1, 0.15) is 5.58 Å². The zero-order valence-electron chi connectivity index (χ0n) is 20.1. The maximum Gasteiger partial charge on any atom is 0.282 e. The van der Waals surface area contributed by atoms with Gasteiger partial charge < -0.3 is 13.9 Å². The van der Waals surface area contributed by atoms with Crippen molar-refractivity contribution in [2.24, 2.45) is 5.10 Å². The highest BCUT2D eigenvalue weighted by atomic mass is 79.9. The predicted molar refractivity (Wildman–Crippen MR) is 145 cm³/mol. The number of rotatable bonds is 7. The van der Waals surface area contributed by atoms with Gasteiger partial charge in [-0.25, -0.2) is 4.98 Å². The predicted octanol–water partition coefficient (Wildman–Crippen LogP) is 6.64. The number of fused-ring (bicyclic) bond motifs is 2. The first-order valence-corrected chi connectivity index (χ1v) is 12.4. The van der Waals surface area contributed by atoms with Crippen LogP contribution in [0.5, 0.6) is 11.5 Å². The lowest BCUT2D eigenvalue weighted by molar-refractivity contribution is 0.207. The molecule has 0 amide bonds. The summed E-state index contributed by atoms with van der Waals surface area (Å²) in [6, 6.07) is 20.4. The lowest BCUT2D eigenvalue weighted by Gasteiger charge is -2.18. The Balaban J connectivity index is 1.71. The van der Waals surface area contributed by atoms with Crippen molar-refractivity contribution in [1.82, 2.24) is 9.66 Å². The largest absolute Gasteiger partial charge is 0.493 e. The van der Waals surface area contributed by atoms with Crippen LogP contribution in [0.25, 0.3) is 33.5 Å². The van der Waals surface area contributed by atoms with Gasteiger partial charge in [0.15, 0.2) is 17.3 Å². The highest BCUT2D eigenvalue weighted by Crippen LogP contribution is 2.35. The third-order valence-corrected chi connectivity index (χ3v) is 6.33. The van der Waals surface area contributed by atoms with Gasteiger partial charge in [0, 0.05) is 15.4 Å². The van der Waals surface area contributed by atoms with Crippen LogP contribution in [-0.4, -0.2) is 29.1 Å². The van der Waals surface area contributed by atoms with Crippen LogP contribution >= 0.6 is 15.9 Å². The highest BCUT2D eigenvalue weighted by Gasteiger charge is 2.18. The molecule has 0 saturated heterocycles. The van der Waals surface area contributed by atoms with Crippen molar-refractivity contribution in [2.75, 3.05) is 7.11 Å². The van der Waals surface area contributed by atoms with Gasteiger partial charge in [-0.3, -0.25) is 4.79 Å². The fourth-order valence-electron chi connectivity index (χ4n) is 3.85. The third kappa shape index (κ3) is 4.52. The van der Waals surface area contributed by atoms with E-state index in [0.717, 1.165) is 16.3 Å². The van der Waals surface area contributed by atoms with E-state index in [2.05, 4.69) is 21.0 Å². The van der Waals surface area contributed by atoms with Crippen molar-refractivity contribution in [2.45, 2.75) is 26.4 Å². The lowest BCUT2D eigenvalue weighted by atomic mass is 10.2. The molecule has 0 N–H and O–H groups in total. The molecule has 7 nitrogen and oxygen atoms in total. The van der Waals surface area contributed by atoms with E-state index in [4.69, 9.17) is 18.9 Å². The van der Waals surface area contributed by atoms with Gasteiger partial charge >= 0.3 is 0 Å². The number of ether oxygens (including phenoxy) is 2. The summed E-state index contributed by atoms with van der Waals surface area (Å²) in [4.78, 5) is 18.3. The van der Waals surface area contributed by atoms with Gasteiger partial charge in [-0.15, -0.1) is 0 Å². The van der Waals surface area contributed by atoms with Gasteiger partial charge in [0.2, 0.25) is 5.82 Å². The summed E-state index contributed by atoms with van der Waals surface area (Å²) in [5.74, 6) is 1.86. The fourth-order valence-corrected chi connectivity index (χ4v) is 4.30. The van der Waals surface area contributed by atoms with Crippen LogP contribution in [0.4, 0.5) is 0 Å². The smallest absolute Gasteiger partial charge is 0.282 e. The molecule has 5 rings (SSSR count). The molecule has 0 spiro atoms. The Labute approximate surface area is 216 Å². The molecule has 2 heterocycles. The summed E-state index contributed by atoms with van der Waals surface area (Å²) in [6.45, 7) is 4.03. The van der Waals surface area contributed by atoms with E-state index in [-0.39, 0.29) is 11.7 Å². The monoisotopic (exact) mass is 545 g/mol. The van der Waals surface area contributed by atoms with Crippen molar-refractivity contribution in [3.63, 3.8) is 0 Å². The number of halogens is 1. The standard InChI is InChI=1S/C28H24BrN3O4/c1-4-17(2)35-26-19(13-20(29)15-24(26)34-3)16-30-32-27(25-14-18-9-5-8-12-23(18)36-25)31-22-11-7-6-10-21(22)28(32)33/h5-17H,4H2,1-3H3/t17-/m0/s1. The second kappa shape index (κ2) is 9.99. The molecular formula is C28H24BrN3O4. The summed E-state index contributed by atoms with van der Waals surface area (Å²) in [5, 5.41) is 5.95. The molecule has 0 unspecified atom stereocenters. The van der Waals surface area contributed by atoms with Crippen LogP contribution in [0.1, 0.15) is 25.8 Å². The Morgan fingerprint density at radius 1 is 1.14 bits per heavy atom. The number of hydrogen-bond acceptors (Lipinski definition) is 6. The minimum Gasteiger partial charge on any atom is -0.493 e. The number of methoxy groups -OCH3 is 1. The first-order valence-electron chi connectivity index (χ1n) is 11.6. The van der Waals surface area contributed by atoms with Gasteiger partial charge in [0.25, 0.3) is 5.56 Å². The molecule has 8 heteroatoms. The molecule has 182 valence electrons. The second-order valence-corrected chi connectivity index (χ2v) is 9.24. The molecule has 3 aromatic carbocycles. The average molecular weight is 546 g/mol. The Hall–Kier alpha value is -3.91. The molecule has 2 aromatic heterocycles. The van der Waals surface area contributed by atoms with E-state index < -0.39 is 0 Å². The van der Waals surface area contributed by atoms with Crippen LogP contribution in [0, 0.1) is 0 Å². The quantitative estimate of drug-likeness (QED) is 0.214. The van der Waals surface area contributed by atoms with Gasteiger partial charge in [-0.1, -0.05) is 53.2 Å². The Morgan fingerprint density at radius 2 is 1.92 bits per heavy atom. The minimum absolute atomic E-state index is 0.0385. The zero-order chi connectivity index (χ0) is 25.2. The number of furan rings is 1. The van der Waals surface area contributed by atoms with Crippen LogP contribution in [0.2, 0.25) is 0 Å². The van der Waals surface area contributed by atoms with E-state index >= 15 is 0 Å². The number of hydrogen-bond donors (Lipinski definition) is 0. The molecule has 0 bridgehead atoms. The SMILES string of the molecule is CC[C@H](C)Oc1c(C=Nn2c(-c3cc4ccccc4o3)nc3ccccc3c2=O)cc(Br)cc1OC. The van der Waals surface area contributed by atoms with Crippen molar-refractivity contribution < 1.29 is 13.9 Å². The molecule has 0 fully saturated rings. The van der Waals surface area contributed by atoms with Crippen molar-refractivity contribution >= 4 is 44.0 Å². The normalized spacial score (nSPS) is 12.4. The van der Waals surface area contributed by atoms with Gasteiger partial charge in [-0.05, 0) is 49.7 Å². The fraction of sp³-hybridized carbons (Fsp3) is 0.179. The first-order chi connectivity index (χ1) is 17.5. The molecule has 36 heavy (non-hydrogen) atoms. The van der Waals surface area contributed by atoms with E-state index in [1.807, 2.05) is 62.4 Å². The van der Waals surface area contributed by atoms with E-state index in [1.165, 1.54) is 4.68 Å². The van der Waals surface area contributed by atoms with Crippen molar-refractivity contribution in [1.29, 1.82) is 0 Å². The van der Waals surface area contributed by atoms with Crippen LogP contribution in [-0.2, 0) is 0 Å². The Kier molecular flexibility index (Phi) is 6.61. The topological polar surface area (TPSA) is 78.9 Å². The third-order valence-electron chi connectivity index (χ3n) is 5.87. The number of para-hydroxylation sites is 2. The van der Waals surface area contributed by atoms with Crippen molar-refractivity contribution in [3.8, 4) is 23.1 Å². The number of nitrogens with zero attached hydrogens (tertiary/aromatic N) is 3. The molecule has 0 aliphatic rings. The summed E-state index contributed by atoms with van der Waals surface area (Å²) in [6.07, 6.45) is 2.36. The van der Waals surface area contributed by atoms with Gasteiger partial charge in [0.05, 0.1) is 30.3 Å². The molecule has 5 aromatic rings. The van der Waals surface area contributed by atoms with Crippen molar-refractivity contribution in [3.05, 3.63) is 87.1 Å². The average Bonchev–Trinajstić information content (AvgIpc) is 3.33. The zero-order valence-corrected chi connectivity index (χ0v) is 21.7. The van der Waals surface area contributed by atoms with Crippen LogP contribution in [0.15, 0.2) is 85.5 Å². The Bertz CT molecular complexity index is 1620. The maximum atomic E-state index is 13.6. The molecule has 0 radical (unpaired) electrons. The minimum atomic E-state index is -0.307. The summed E-state index contributed by atoms with van der Waals surface area (Å²) in [7, 11) is 1.59. The van der Waals surface area contributed by atoms with Crippen LogP contribution in [0.3, 0.4) is 0 Å². The van der Waals surface area contributed by atoms with E-state index in [1.54, 1.807) is 31.5 Å². The van der Waals surface area contributed by atoms with E-state index in [9.17, 15) is 4.79 Å². The molecule has 0 aliphatic heterocycles. The summed E-state index contributed by atoms with van der Waals surface area (Å²) in [5.41, 5.74) is 1.61. The lowest BCUT2D eigenvalue weighted by Crippen LogP contribution is -2.20. The van der Waals surface area contributed by atoms with Crippen LogP contribution < -0.4 is 15.0 Å². The molecule has 0 saturated carbocycles. The maximum absolute atomic E-state index is 13.6. The first kappa shape index (κ1) is 23.8. The summed E-state index contributed by atoms with van der Waals surface area (Å²) >= 11 is 3.52. The molecule has 0 aliphatic carbocycles. The van der Waals surface area contributed by atoms with E-state index in [0.29, 0.717) is 45.1 Å². The van der Waals surface area contributed by atoms with Gasteiger partial charge in [-0.2, -0.15) is 9.78 Å². The Morgan fingerprint density at radius 3 is 2.69 bits per heavy atom.